The number of aliphatic imine (C=N–C) groups is 1. The molecule has 2 aromatic heterocycles. The molecular formula is C15H24N6S. The predicted octanol–water partition coefficient (Wildman–Crippen LogP) is 2.10. The van der Waals surface area contributed by atoms with Gasteiger partial charge in [-0.05, 0) is 26.7 Å². The molecule has 22 heavy (non-hydrogen) atoms. The van der Waals surface area contributed by atoms with Crippen LogP contribution in [0.4, 0.5) is 0 Å². The van der Waals surface area contributed by atoms with Gasteiger partial charge in [-0.25, -0.2) is 9.97 Å². The second-order valence-corrected chi connectivity index (χ2v) is 6.41. The lowest BCUT2D eigenvalue weighted by Crippen LogP contribution is -2.37. The zero-order chi connectivity index (χ0) is 15.8. The molecule has 7 heteroatoms. The van der Waals surface area contributed by atoms with Crippen molar-refractivity contribution in [1.82, 2.24) is 25.2 Å². The van der Waals surface area contributed by atoms with Crippen molar-refractivity contribution in [2.75, 3.05) is 13.6 Å². The number of hydrogen-bond donors (Lipinski definition) is 2. The van der Waals surface area contributed by atoms with Gasteiger partial charge in [-0.2, -0.15) is 0 Å². The number of nitrogens with zero attached hydrogens (tertiary/aromatic N) is 4. The molecule has 0 spiro atoms. The average Bonchev–Trinajstić information content (AvgIpc) is 3.11. The first-order chi connectivity index (χ1) is 10.7. The van der Waals surface area contributed by atoms with Crippen LogP contribution < -0.4 is 10.6 Å². The Morgan fingerprint density at radius 1 is 1.27 bits per heavy atom. The predicted molar refractivity (Wildman–Crippen MR) is 91.3 cm³/mol. The van der Waals surface area contributed by atoms with E-state index in [-0.39, 0.29) is 0 Å². The fraction of sp³-hybridized carbons (Fsp3) is 0.533. The molecule has 2 N–H and O–H groups in total. The number of nitrogens with one attached hydrogen (secondary N) is 2. The lowest BCUT2D eigenvalue weighted by molar-refractivity contribution is 0.588. The molecule has 6 nitrogen and oxygen atoms in total. The third kappa shape index (κ3) is 5.14. The number of aromatic nitrogens is 3. The van der Waals surface area contributed by atoms with E-state index < -0.39 is 0 Å². The highest BCUT2D eigenvalue weighted by Gasteiger charge is 2.01. The second-order valence-electron chi connectivity index (χ2n) is 5.09. The summed E-state index contributed by atoms with van der Waals surface area (Å²) in [4.78, 5) is 14.0. The molecule has 120 valence electrons. The molecule has 0 amide bonds. The van der Waals surface area contributed by atoms with E-state index in [1.54, 1.807) is 18.4 Å². The number of thiazole rings is 1. The molecule has 0 aromatic carbocycles. The summed E-state index contributed by atoms with van der Waals surface area (Å²) in [6, 6.07) is 0. The number of imidazole rings is 1. The van der Waals surface area contributed by atoms with Gasteiger partial charge in [0.1, 0.15) is 10.8 Å². The minimum atomic E-state index is 0.715. The summed E-state index contributed by atoms with van der Waals surface area (Å²) < 4.78 is 2.18. The van der Waals surface area contributed by atoms with Crippen molar-refractivity contribution in [3.05, 3.63) is 34.3 Å². The van der Waals surface area contributed by atoms with E-state index >= 15 is 0 Å². The largest absolute Gasteiger partial charge is 0.356 e. The van der Waals surface area contributed by atoms with Crippen molar-refractivity contribution in [3.63, 3.8) is 0 Å². The highest BCUT2D eigenvalue weighted by atomic mass is 32.1. The molecule has 0 saturated carbocycles. The highest BCUT2D eigenvalue weighted by molar-refractivity contribution is 7.11. The molecule has 0 radical (unpaired) electrons. The van der Waals surface area contributed by atoms with Gasteiger partial charge >= 0.3 is 0 Å². The second kappa shape index (κ2) is 8.53. The third-order valence-corrected chi connectivity index (χ3v) is 4.25. The Labute approximate surface area is 135 Å². The lowest BCUT2D eigenvalue weighted by Gasteiger charge is -2.11. The Hall–Kier alpha value is -1.89. The van der Waals surface area contributed by atoms with Gasteiger partial charge in [-0.3, -0.25) is 4.99 Å². The smallest absolute Gasteiger partial charge is 0.191 e. The molecule has 0 aliphatic carbocycles. The Morgan fingerprint density at radius 3 is 2.77 bits per heavy atom. The van der Waals surface area contributed by atoms with Crippen molar-refractivity contribution >= 4 is 17.3 Å². The first-order valence-electron chi connectivity index (χ1n) is 7.52. The van der Waals surface area contributed by atoms with Crippen LogP contribution in [-0.4, -0.2) is 34.1 Å². The van der Waals surface area contributed by atoms with E-state index in [0.29, 0.717) is 6.54 Å². The molecule has 0 bridgehead atoms. The minimum absolute atomic E-state index is 0.715. The van der Waals surface area contributed by atoms with Gasteiger partial charge in [0.25, 0.3) is 0 Å². The van der Waals surface area contributed by atoms with Gasteiger partial charge in [0.05, 0.1) is 6.54 Å². The molecule has 2 aromatic rings. The van der Waals surface area contributed by atoms with Crippen molar-refractivity contribution in [1.29, 1.82) is 0 Å². The van der Waals surface area contributed by atoms with Crippen molar-refractivity contribution in [2.45, 2.75) is 39.8 Å². The summed E-state index contributed by atoms with van der Waals surface area (Å²) in [6.45, 7) is 6.73. The van der Waals surface area contributed by atoms with E-state index in [1.165, 1.54) is 4.88 Å². The quantitative estimate of drug-likeness (QED) is 0.466. The molecule has 0 aliphatic heterocycles. The van der Waals surface area contributed by atoms with Crippen LogP contribution >= 0.6 is 11.3 Å². The molecule has 0 saturated heterocycles. The van der Waals surface area contributed by atoms with Crippen LogP contribution in [-0.2, 0) is 13.1 Å². The monoisotopic (exact) mass is 320 g/mol. The van der Waals surface area contributed by atoms with E-state index in [9.17, 15) is 0 Å². The molecule has 0 unspecified atom stereocenters. The van der Waals surface area contributed by atoms with Crippen LogP contribution in [0.5, 0.6) is 0 Å². The van der Waals surface area contributed by atoms with Gasteiger partial charge in [0, 0.05) is 43.6 Å². The summed E-state index contributed by atoms with van der Waals surface area (Å²) >= 11 is 1.71. The highest BCUT2D eigenvalue weighted by Crippen LogP contribution is 2.10. The summed E-state index contributed by atoms with van der Waals surface area (Å²) in [5.74, 6) is 1.90. The van der Waals surface area contributed by atoms with Crippen LogP contribution in [0.1, 0.15) is 28.6 Å². The number of unbranched alkanes of at least 4 members (excludes halogenated alkanes) is 1. The maximum atomic E-state index is 4.33. The summed E-state index contributed by atoms with van der Waals surface area (Å²) in [5, 5.41) is 7.70. The summed E-state index contributed by atoms with van der Waals surface area (Å²) in [5.41, 5.74) is 0. The standard InChI is InChI=1S/C15H24N6S/c1-12-10-19-14(22-12)11-20-15(16-3)18-6-4-5-8-21-9-7-17-13(21)2/h7,9-10H,4-6,8,11H2,1-3H3,(H2,16,18,20). The normalized spacial score (nSPS) is 11.7. The van der Waals surface area contributed by atoms with Gasteiger partial charge in [0.15, 0.2) is 5.96 Å². The Bertz CT molecular complexity index is 601. The minimum Gasteiger partial charge on any atom is -0.356 e. The topological polar surface area (TPSA) is 67.1 Å². The fourth-order valence-corrected chi connectivity index (χ4v) is 2.84. The van der Waals surface area contributed by atoms with Crippen LogP contribution in [0, 0.1) is 13.8 Å². The molecule has 2 heterocycles. The average molecular weight is 320 g/mol. The van der Waals surface area contributed by atoms with Crippen molar-refractivity contribution in [3.8, 4) is 0 Å². The van der Waals surface area contributed by atoms with Crippen molar-refractivity contribution < 1.29 is 0 Å². The number of hydrogen-bond acceptors (Lipinski definition) is 4. The molecule has 0 aliphatic rings. The van der Waals surface area contributed by atoms with Gasteiger partial charge in [-0.15, -0.1) is 11.3 Å². The maximum absolute atomic E-state index is 4.33. The van der Waals surface area contributed by atoms with E-state index in [0.717, 1.165) is 42.7 Å². The SMILES string of the molecule is CN=C(NCCCCn1ccnc1C)NCc1ncc(C)s1. The van der Waals surface area contributed by atoms with Gasteiger partial charge in [0.2, 0.25) is 0 Å². The Morgan fingerprint density at radius 2 is 2.14 bits per heavy atom. The fourth-order valence-electron chi connectivity index (χ4n) is 2.12. The van der Waals surface area contributed by atoms with E-state index in [2.05, 4.69) is 37.1 Å². The van der Waals surface area contributed by atoms with Crippen LogP contribution in [0.3, 0.4) is 0 Å². The maximum Gasteiger partial charge on any atom is 0.191 e. The summed E-state index contributed by atoms with van der Waals surface area (Å²) in [6.07, 6.45) is 7.98. The van der Waals surface area contributed by atoms with Crippen molar-refractivity contribution in [2.24, 2.45) is 4.99 Å². The van der Waals surface area contributed by atoms with Crippen LogP contribution in [0.25, 0.3) is 0 Å². The zero-order valence-electron chi connectivity index (χ0n) is 13.5. The molecule has 0 atom stereocenters. The Balaban J connectivity index is 1.61. The first-order valence-corrected chi connectivity index (χ1v) is 8.34. The number of aryl methyl sites for hydroxylation is 3. The number of guanidine groups is 1. The Kier molecular flexibility index (Phi) is 6.39. The lowest BCUT2D eigenvalue weighted by atomic mass is 10.3. The number of rotatable bonds is 7. The van der Waals surface area contributed by atoms with Gasteiger partial charge < -0.3 is 15.2 Å². The molecular weight excluding hydrogens is 296 g/mol. The molecule has 2 rings (SSSR count). The van der Waals surface area contributed by atoms with E-state index in [1.807, 2.05) is 25.5 Å². The first kappa shape index (κ1) is 16.5. The third-order valence-electron chi connectivity index (χ3n) is 3.34. The zero-order valence-corrected chi connectivity index (χ0v) is 14.3. The van der Waals surface area contributed by atoms with Gasteiger partial charge in [-0.1, -0.05) is 0 Å². The molecule has 0 fully saturated rings. The van der Waals surface area contributed by atoms with Crippen LogP contribution in [0.2, 0.25) is 0 Å². The van der Waals surface area contributed by atoms with E-state index in [4.69, 9.17) is 0 Å². The summed E-state index contributed by atoms with van der Waals surface area (Å²) in [7, 11) is 1.79. The van der Waals surface area contributed by atoms with Crippen LogP contribution in [0.15, 0.2) is 23.6 Å².